The Morgan fingerprint density at radius 2 is 1.44 bits per heavy atom. The number of phenols is 2. The van der Waals surface area contributed by atoms with Crippen LogP contribution in [0.1, 0.15) is 61.6 Å². The number of ether oxygens (including phenoxy) is 2. The quantitative estimate of drug-likeness (QED) is 0.304. The van der Waals surface area contributed by atoms with Gasteiger partial charge < -0.3 is 19.7 Å². The fraction of sp³-hybridized carbons (Fsp3) is 0.125. The summed E-state index contributed by atoms with van der Waals surface area (Å²) in [6.45, 7) is 2.64. The van der Waals surface area contributed by atoms with E-state index in [9.17, 15) is 24.6 Å². The first kappa shape index (κ1) is 20.1. The first-order valence-corrected chi connectivity index (χ1v) is 10.1. The van der Waals surface area contributed by atoms with Gasteiger partial charge in [-0.25, -0.2) is 4.79 Å². The van der Waals surface area contributed by atoms with Crippen LogP contribution in [0.4, 0.5) is 0 Å². The summed E-state index contributed by atoms with van der Waals surface area (Å²) in [7, 11) is 0. The molecule has 2 aliphatic heterocycles. The molecule has 5 rings (SSSR count). The van der Waals surface area contributed by atoms with Crippen molar-refractivity contribution in [1.82, 2.24) is 0 Å². The number of carbonyl (C=O) groups excluding carboxylic acids is 3. The van der Waals surface area contributed by atoms with Crippen LogP contribution in [-0.2, 0) is 10.3 Å². The molecule has 0 fully saturated rings. The van der Waals surface area contributed by atoms with Crippen LogP contribution in [0.25, 0.3) is 0 Å². The summed E-state index contributed by atoms with van der Waals surface area (Å²) in [4.78, 5) is 38.3. The normalized spacial score (nSPS) is 14.8. The van der Waals surface area contributed by atoms with Crippen molar-refractivity contribution in [2.45, 2.75) is 24.3 Å². The van der Waals surface area contributed by atoms with E-state index >= 15 is 0 Å². The van der Waals surface area contributed by atoms with Crippen LogP contribution in [0.2, 0.25) is 0 Å². The zero-order valence-electron chi connectivity index (χ0n) is 16.9. The maximum atomic E-state index is 13.2. The van der Waals surface area contributed by atoms with Gasteiger partial charge in [-0.05, 0) is 44.2 Å². The molecule has 0 radical (unpaired) electrons. The number of hydrogen-bond acceptors (Lipinski definition) is 8. The molecule has 0 aliphatic carbocycles. The highest BCUT2D eigenvalue weighted by atomic mass is 32.1. The molecule has 3 aromatic rings. The molecule has 32 heavy (non-hydrogen) atoms. The Morgan fingerprint density at radius 1 is 0.875 bits per heavy atom. The number of ketones is 2. The molecule has 0 bridgehead atoms. The molecule has 3 aromatic carbocycles. The third kappa shape index (κ3) is 2.53. The van der Waals surface area contributed by atoms with Gasteiger partial charge in [0.25, 0.3) is 0 Å². The SMILES string of the molecule is CC(=O)c1cc2c(c(C(C)=O)c1S)C(=O)OC21c2ccc(O)cc2Oc2cc(O)ccc21. The average molecular weight is 448 g/mol. The predicted octanol–water partition coefficient (Wildman–Crippen LogP) is 4.36. The molecular formula is C24H16O7S. The summed E-state index contributed by atoms with van der Waals surface area (Å²) in [5.41, 5.74) is -0.280. The lowest BCUT2D eigenvalue weighted by Crippen LogP contribution is -2.33. The minimum Gasteiger partial charge on any atom is -0.508 e. The average Bonchev–Trinajstić information content (AvgIpc) is 2.99. The van der Waals surface area contributed by atoms with Crippen LogP contribution < -0.4 is 4.74 Å². The fourth-order valence-corrected chi connectivity index (χ4v) is 4.95. The van der Waals surface area contributed by atoms with Crippen molar-refractivity contribution >= 4 is 30.2 Å². The highest BCUT2D eigenvalue weighted by Gasteiger charge is 2.55. The first-order valence-electron chi connectivity index (χ1n) is 9.65. The molecule has 0 saturated heterocycles. The standard InChI is InChI=1S/C24H16O7S/c1-10(25)14-9-17-21(20(11(2)26)22(14)32)23(29)31-24(17)15-5-3-12(27)7-18(15)30-19-8-13(28)4-6-16(19)24/h3-9,27-28,32H,1-2H3. The van der Waals surface area contributed by atoms with Gasteiger partial charge in [-0.3, -0.25) is 9.59 Å². The van der Waals surface area contributed by atoms with Gasteiger partial charge in [0, 0.05) is 44.8 Å². The second-order valence-electron chi connectivity index (χ2n) is 7.72. The zero-order valence-corrected chi connectivity index (χ0v) is 17.8. The summed E-state index contributed by atoms with van der Waals surface area (Å²) < 4.78 is 11.9. The van der Waals surface area contributed by atoms with Crippen LogP contribution in [-0.4, -0.2) is 27.7 Å². The Bertz CT molecular complexity index is 1340. The molecule has 0 saturated carbocycles. The third-order valence-corrected chi connectivity index (χ3v) is 6.23. The summed E-state index contributed by atoms with van der Waals surface area (Å²) in [5, 5.41) is 20.0. The number of thiol groups is 1. The largest absolute Gasteiger partial charge is 0.508 e. The number of phenolic OH excluding ortho intramolecular Hbond substituents is 2. The molecule has 0 unspecified atom stereocenters. The van der Waals surface area contributed by atoms with E-state index in [2.05, 4.69) is 12.6 Å². The lowest BCUT2D eigenvalue weighted by atomic mass is 9.76. The van der Waals surface area contributed by atoms with E-state index in [-0.39, 0.29) is 55.9 Å². The summed E-state index contributed by atoms with van der Waals surface area (Å²) in [6.07, 6.45) is 0. The number of carbonyl (C=O) groups is 3. The molecule has 0 amide bonds. The van der Waals surface area contributed by atoms with Crippen LogP contribution in [0.5, 0.6) is 23.0 Å². The van der Waals surface area contributed by atoms with Crippen molar-refractivity contribution in [3.8, 4) is 23.0 Å². The van der Waals surface area contributed by atoms with Crippen molar-refractivity contribution in [1.29, 1.82) is 0 Å². The van der Waals surface area contributed by atoms with Gasteiger partial charge in [-0.2, -0.15) is 0 Å². The van der Waals surface area contributed by atoms with Crippen LogP contribution >= 0.6 is 12.6 Å². The maximum absolute atomic E-state index is 13.2. The summed E-state index contributed by atoms with van der Waals surface area (Å²) >= 11 is 4.38. The van der Waals surface area contributed by atoms with E-state index in [1.165, 1.54) is 44.2 Å². The predicted molar refractivity (Wildman–Crippen MR) is 115 cm³/mol. The van der Waals surface area contributed by atoms with Gasteiger partial charge in [-0.1, -0.05) is 0 Å². The molecule has 7 nitrogen and oxygen atoms in total. The number of benzene rings is 3. The lowest BCUT2D eigenvalue weighted by molar-refractivity contribution is 0.0223. The van der Waals surface area contributed by atoms with Crippen molar-refractivity contribution in [2.24, 2.45) is 0 Å². The number of esters is 1. The number of rotatable bonds is 2. The van der Waals surface area contributed by atoms with Crippen LogP contribution in [0.15, 0.2) is 47.4 Å². The molecular weight excluding hydrogens is 432 g/mol. The van der Waals surface area contributed by atoms with Crippen molar-refractivity contribution in [3.63, 3.8) is 0 Å². The van der Waals surface area contributed by atoms with E-state index in [1.54, 1.807) is 12.1 Å². The molecule has 0 aromatic heterocycles. The second kappa shape index (κ2) is 6.61. The maximum Gasteiger partial charge on any atom is 0.340 e. The number of aromatic hydroxyl groups is 2. The van der Waals surface area contributed by atoms with Gasteiger partial charge in [0.1, 0.15) is 23.0 Å². The van der Waals surface area contributed by atoms with Crippen LogP contribution in [0.3, 0.4) is 0 Å². The minimum absolute atomic E-state index is 0.00468. The lowest BCUT2D eigenvalue weighted by Gasteiger charge is -2.36. The highest BCUT2D eigenvalue weighted by Crippen LogP contribution is 2.58. The first-order chi connectivity index (χ1) is 15.1. The Morgan fingerprint density at radius 3 is 1.94 bits per heavy atom. The van der Waals surface area contributed by atoms with Crippen molar-refractivity contribution < 1.29 is 34.1 Å². The Kier molecular flexibility index (Phi) is 4.16. The zero-order chi connectivity index (χ0) is 22.9. The smallest absolute Gasteiger partial charge is 0.340 e. The van der Waals surface area contributed by atoms with E-state index in [0.717, 1.165) is 0 Å². The molecule has 160 valence electrons. The number of fused-ring (bicyclic) bond motifs is 6. The second-order valence-corrected chi connectivity index (χ2v) is 8.16. The van der Waals surface area contributed by atoms with Crippen LogP contribution in [0, 0.1) is 0 Å². The molecule has 0 atom stereocenters. The summed E-state index contributed by atoms with van der Waals surface area (Å²) in [5.74, 6) is -1.28. The highest BCUT2D eigenvalue weighted by molar-refractivity contribution is 7.80. The molecule has 8 heteroatoms. The molecule has 2 aliphatic rings. The third-order valence-electron chi connectivity index (χ3n) is 5.77. The van der Waals surface area contributed by atoms with E-state index < -0.39 is 17.4 Å². The van der Waals surface area contributed by atoms with Gasteiger partial charge in [0.15, 0.2) is 17.2 Å². The summed E-state index contributed by atoms with van der Waals surface area (Å²) in [6, 6.07) is 10.2. The number of hydrogen-bond donors (Lipinski definition) is 3. The minimum atomic E-state index is -1.56. The number of Topliss-reactive ketones (excluding diaryl/α,β-unsaturated/α-hetero) is 2. The topological polar surface area (TPSA) is 110 Å². The van der Waals surface area contributed by atoms with Gasteiger partial charge in [0.2, 0.25) is 0 Å². The molecule has 1 spiro atoms. The molecule has 2 N–H and O–H groups in total. The fourth-order valence-electron chi connectivity index (χ4n) is 4.45. The van der Waals surface area contributed by atoms with E-state index in [0.29, 0.717) is 11.1 Å². The van der Waals surface area contributed by atoms with E-state index in [4.69, 9.17) is 9.47 Å². The monoisotopic (exact) mass is 448 g/mol. The van der Waals surface area contributed by atoms with Gasteiger partial charge >= 0.3 is 5.97 Å². The van der Waals surface area contributed by atoms with E-state index in [1.807, 2.05) is 0 Å². The Labute approximate surface area is 187 Å². The Balaban J connectivity index is 1.97. The van der Waals surface area contributed by atoms with Gasteiger partial charge in [-0.15, -0.1) is 12.6 Å². The van der Waals surface area contributed by atoms with Crippen molar-refractivity contribution in [2.75, 3.05) is 0 Å². The molecule has 2 heterocycles. The van der Waals surface area contributed by atoms with Crippen molar-refractivity contribution in [3.05, 3.63) is 75.8 Å². The van der Waals surface area contributed by atoms with Gasteiger partial charge in [0.05, 0.1) is 5.56 Å². The Hall–Kier alpha value is -3.78.